The summed E-state index contributed by atoms with van der Waals surface area (Å²) in [7, 11) is 3.32. The fourth-order valence-electron chi connectivity index (χ4n) is 2.95. The number of hydrogen-bond donors (Lipinski definition) is 2. The molecule has 0 aromatic rings. The van der Waals surface area contributed by atoms with Gasteiger partial charge in [0.2, 0.25) is 0 Å². The van der Waals surface area contributed by atoms with Crippen LogP contribution in [0.1, 0.15) is 39.0 Å². The third-order valence-corrected chi connectivity index (χ3v) is 4.30. The highest BCUT2D eigenvalue weighted by Gasteiger charge is 2.32. The Hall–Kier alpha value is -1.30. The maximum absolute atomic E-state index is 12.1. The summed E-state index contributed by atoms with van der Waals surface area (Å²) in [5, 5.41) is 11.8. The van der Waals surface area contributed by atoms with E-state index >= 15 is 0 Å². The van der Waals surface area contributed by atoms with Gasteiger partial charge >= 0.3 is 12.0 Å². The van der Waals surface area contributed by atoms with Gasteiger partial charge in [0, 0.05) is 32.7 Å². The van der Waals surface area contributed by atoms with Crippen LogP contribution in [0.5, 0.6) is 0 Å². The van der Waals surface area contributed by atoms with Crippen molar-refractivity contribution in [3.63, 3.8) is 0 Å². The number of hydrogen-bond acceptors (Lipinski definition) is 3. The van der Waals surface area contributed by atoms with E-state index in [0.29, 0.717) is 13.2 Å². The van der Waals surface area contributed by atoms with E-state index in [2.05, 4.69) is 5.32 Å². The lowest BCUT2D eigenvalue weighted by Crippen LogP contribution is -2.47. The molecule has 2 amide bonds. The minimum atomic E-state index is -0.891. The maximum atomic E-state index is 12.1. The molecule has 0 saturated heterocycles. The Balaban J connectivity index is 2.47. The van der Waals surface area contributed by atoms with E-state index < -0.39 is 11.9 Å². The Morgan fingerprint density at radius 1 is 1.33 bits per heavy atom. The molecule has 6 heteroatoms. The second-order valence-corrected chi connectivity index (χ2v) is 6.27. The number of nitrogens with zero attached hydrogens (tertiary/aromatic N) is 1. The molecule has 122 valence electrons. The van der Waals surface area contributed by atoms with E-state index in [-0.39, 0.29) is 18.0 Å². The van der Waals surface area contributed by atoms with Crippen LogP contribution in [0.2, 0.25) is 0 Å². The van der Waals surface area contributed by atoms with Crippen molar-refractivity contribution >= 4 is 12.0 Å². The minimum Gasteiger partial charge on any atom is -0.481 e. The molecule has 0 radical (unpaired) electrons. The minimum absolute atomic E-state index is 0.0297. The normalized spacial score (nSPS) is 18.8. The lowest BCUT2D eigenvalue weighted by atomic mass is 9.74. The van der Waals surface area contributed by atoms with Crippen molar-refractivity contribution in [2.45, 2.75) is 39.0 Å². The number of rotatable bonds is 7. The van der Waals surface area contributed by atoms with Crippen molar-refractivity contribution in [2.75, 3.05) is 33.9 Å². The summed E-state index contributed by atoms with van der Waals surface area (Å²) in [5.41, 5.74) is 0.0297. The number of carbonyl (C=O) groups excluding carboxylic acids is 1. The first-order valence-corrected chi connectivity index (χ1v) is 7.61. The predicted molar refractivity (Wildman–Crippen MR) is 80.2 cm³/mol. The van der Waals surface area contributed by atoms with E-state index in [4.69, 9.17) is 9.84 Å². The smallest absolute Gasteiger partial charge is 0.317 e. The average Bonchev–Trinajstić information content (AvgIpc) is 2.46. The molecule has 1 rings (SSSR count). The highest BCUT2D eigenvalue weighted by molar-refractivity contribution is 5.75. The quantitative estimate of drug-likeness (QED) is 0.753. The lowest BCUT2D eigenvalue weighted by Gasteiger charge is -2.37. The van der Waals surface area contributed by atoms with Gasteiger partial charge in [0.05, 0.1) is 12.5 Å². The van der Waals surface area contributed by atoms with E-state index in [1.165, 1.54) is 24.2 Å². The zero-order valence-corrected chi connectivity index (χ0v) is 13.4. The van der Waals surface area contributed by atoms with Gasteiger partial charge in [0.25, 0.3) is 0 Å². The number of carboxylic acid groups (broad SMARTS) is 1. The summed E-state index contributed by atoms with van der Waals surface area (Å²) in [6.45, 7) is 3.05. The van der Waals surface area contributed by atoms with Crippen molar-refractivity contribution in [3.8, 4) is 0 Å². The molecule has 0 spiro atoms. The monoisotopic (exact) mass is 300 g/mol. The summed E-state index contributed by atoms with van der Waals surface area (Å²) in [4.78, 5) is 24.3. The number of urea groups is 1. The Labute approximate surface area is 126 Å². The van der Waals surface area contributed by atoms with Gasteiger partial charge in [0.1, 0.15) is 0 Å². The first-order chi connectivity index (χ1) is 9.90. The van der Waals surface area contributed by atoms with Gasteiger partial charge in [-0.05, 0) is 12.8 Å². The Kier molecular flexibility index (Phi) is 6.95. The van der Waals surface area contributed by atoms with Crippen LogP contribution in [0.15, 0.2) is 0 Å². The van der Waals surface area contributed by atoms with Crippen LogP contribution in [-0.2, 0) is 9.53 Å². The fraction of sp³-hybridized carbons (Fsp3) is 0.867. The fourth-order valence-corrected chi connectivity index (χ4v) is 2.95. The molecular formula is C15H28N2O4. The highest BCUT2D eigenvalue weighted by atomic mass is 16.5. The molecule has 0 aliphatic heterocycles. The first-order valence-electron chi connectivity index (χ1n) is 7.61. The zero-order valence-electron chi connectivity index (χ0n) is 13.4. The molecule has 0 heterocycles. The van der Waals surface area contributed by atoms with E-state index in [0.717, 1.165) is 12.8 Å². The second kappa shape index (κ2) is 8.22. The third-order valence-electron chi connectivity index (χ3n) is 4.30. The number of amides is 2. The molecule has 1 aliphatic carbocycles. The average molecular weight is 300 g/mol. The summed E-state index contributed by atoms with van der Waals surface area (Å²) >= 11 is 0. The molecule has 1 fully saturated rings. The maximum Gasteiger partial charge on any atom is 0.317 e. The molecule has 21 heavy (non-hydrogen) atoms. The van der Waals surface area contributed by atoms with E-state index in [9.17, 15) is 9.59 Å². The number of carboxylic acids is 1. The molecule has 1 atom stereocenters. The predicted octanol–water partition coefficient (Wildman–Crippen LogP) is 1.95. The lowest BCUT2D eigenvalue weighted by molar-refractivity contribution is -0.141. The number of ether oxygens (including phenoxy) is 1. The van der Waals surface area contributed by atoms with Gasteiger partial charge in [0.15, 0.2) is 0 Å². The summed E-state index contributed by atoms with van der Waals surface area (Å²) in [6, 6.07) is -0.218. The molecule has 1 saturated carbocycles. The molecule has 1 aliphatic rings. The first kappa shape index (κ1) is 17.8. The van der Waals surface area contributed by atoms with Crippen molar-refractivity contribution in [3.05, 3.63) is 0 Å². The SMILES string of the molecule is COCC1(CNC(=O)N(C)CC(C)C(=O)O)CCCCC1. The summed E-state index contributed by atoms with van der Waals surface area (Å²) < 4.78 is 5.33. The molecule has 0 aromatic heterocycles. The molecule has 1 unspecified atom stereocenters. The van der Waals surface area contributed by atoms with E-state index in [1.54, 1.807) is 21.1 Å². The topological polar surface area (TPSA) is 78.9 Å². The Bertz CT molecular complexity index is 348. The molecular weight excluding hydrogens is 272 g/mol. The van der Waals surface area contributed by atoms with Crippen LogP contribution in [0.4, 0.5) is 4.79 Å². The molecule has 2 N–H and O–H groups in total. The van der Waals surface area contributed by atoms with Gasteiger partial charge in [-0.2, -0.15) is 0 Å². The van der Waals surface area contributed by atoms with Crippen molar-refractivity contribution in [1.82, 2.24) is 10.2 Å². The van der Waals surface area contributed by atoms with Crippen LogP contribution in [-0.4, -0.2) is 55.9 Å². The molecule has 0 bridgehead atoms. The Morgan fingerprint density at radius 3 is 2.48 bits per heavy atom. The zero-order chi connectivity index (χ0) is 15.9. The van der Waals surface area contributed by atoms with Crippen LogP contribution in [0.25, 0.3) is 0 Å². The molecule has 6 nitrogen and oxygen atoms in total. The number of nitrogens with one attached hydrogen (secondary N) is 1. The number of carbonyl (C=O) groups is 2. The van der Waals surface area contributed by atoms with E-state index in [1.807, 2.05) is 0 Å². The summed E-state index contributed by atoms with van der Waals surface area (Å²) in [5.74, 6) is -1.46. The largest absolute Gasteiger partial charge is 0.481 e. The third kappa shape index (κ3) is 5.53. The number of aliphatic carboxylic acids is 1. The van der Waals surface area contributed by atoms with Gasteiger partial charge in [-0.25, -0.2) is 4.79 Å². The summed E-state index contributed by atoms with van der Waals surface area (Å²) in [6.07, 6.45) is 5.72. The second-order valence-electron chi connectivity index (χ2n) is 6.27. The highest BCUT2D eigenvalue weighted by Crippen LogP contribution is 2.35. The van der Waals surface area contributed by atoms with Crippen LogP contribution in [0, 0.1) is 11.3 Å². The van der Waals surface area contributed by atoms with Gasteiger partial charge in [-0.15, -0.1) is 0 Å². The van der Waals surface area contributed by atoms with Gasteiger partial charge in [-0.3, -0.25) is 4.79 Å². The molecule has 0 aromatic carbocycles. The van der Waals surface area contributed by atoms with Crippen molar-refractivity contribution in [2.24, 2.45) is 11.3 Å². The van der Waals surface area contributed by atoms with Crippen LogP contribution >= 0.6 is 0 Å². The van der Waals surface area contributed by atoms with Gasteiger partial charge < -0.3 is 20.1 Å². The standard InChI is InChI=1S/C15H28N2O4/c1-12(13(18)19)9-17(2)14(20)16-10-15(11-21-3)7-5-4-6-8-15/h12H,4-11H2,1-3H3,(H,16,20)(H,18,19). The van der Waals surface area contributed by atoms with Gasteiger partial charge in [-0.1, -0.05) is 26.2 Å². The van der Waals surface area contributed by atoms with Crippen LogP contribution < -0.4 is 5.32 Å². The number of methoxy groups -OCH3 is 1. The Morgan fingerprint density at radius 2 is 1.95 bits per heavy atom. The van der Waals surface area contributed by atoms with Crippen molar-refractivity contribution < 1.29 is 19.4 Å². The van der Waals surface area contributed by atoms with Crippen LogP contribution in [0.3, 0.4) is 0 Å². The van der Waals surface area contributed by atoms with Crippen molar-refractivity contribution in [1.29, 1.82) is 0 Å².